The number of amides is 1. The van der Waals surface area contributed by atoms with Gasteiger partial charge >= 0.3 is 6.18 Å². The average molecular weight is 327 g/mol. The molecule has 0 radical (unpaired) electrons. The molecule has 0 aromatic carbocycles. The van der Waals surface area contributed by atoms with Gasteiger partial charge in [-0.3, -0.25) is 9.78 Å². The molecule has 1 unspecified atom stereocenters. The van der Waals surface area contributed by atoms with Crippen molar-refractivity contribution in [3.63, 3.8) is 0 Å². The number of alkyl halides is 3. The number of rotatable bonds is 2. The first kappa shape index (κ1) is 16.2. The fourth-order valence-corrected chi connectivity index (χ4v) is 3.50. The van der Waals surface area contributed by atoms with Gasteiger partial charge in [-0.25, -0.2) is 0 Å². The molecule has 0 bridgehead atoms. The van der Waals surface area contributed by atoms with E-state index in [1.807, 2.05) is 7.05 Å². The second kappa shape index (κ2) is 6.11. The summed E-state index contributed by atoms with van der Waals surface area (Å²) in [5.74, 6) is 0.0403. The third kappa shape index (κ3) is 3.34. The zero-order valence-corrected chi connectivity index (χ0v) is 13.0. The molecule has 1 N–H and O–H groups in total. The Bertz CT molecular complexity index is 603. The van der Waals surface area contributed by atoms with Crippen molar-refractivity contribution in [1.82, 2.24) is 15.2 Å². The maximum atomic E-state index is 12.8. The van der Waals surface area contributed by atoms with Gasteiger partial charge in [0.15, 0.2) is 0 Å². The van der Waals surface area contributed by atoms with Crippen LogP contribution in [-0.4, -0.2) is 35.4 Å². The molecule has 1 aliphatic heterocycles. The molecule has 23 heavy (non-hydrogen) atoms. The molecule has 126 valence electrons. The van der Waals surface area contributed by atoms with Gasteiger partial charge in [-0.1, -0.05) is 0 Å². The van der Waals surface area contributed by atoms with E-state index in [2.05, 4.69) is 10.3 Å². The van der Waals surface area contributed by atoms with Gasteiger partial charge in [-0.2, -0.15) is 13.2 Å². The van der Waals surface area contributed by atoms with Crippen molar-refractivity contribution in [1.29, 1.82) is 0 Å². The predicted octanol–water partition coefficient (Wildman–Crippen LogP) is 2.37. The maximum absolute atomic E-state index is 12.8. The molecule has 3 rings (SSSR count). The van der Waals surface area contributed by atoms with Crippen LogP contribution in [0.3, 0.4) is 0 Å². The lowest BCUT2D eigenvalue weighted by molar-refractivity contribution is -0.137. The molecule has 7 heteroatoms. The summed E-state index contributed by atoms with van der Waals surface area (Å²) < 4.78 is 38.4. The predicted molar refractivity (Wildman–Crippen MR) is 78.5 cm³/mol. The third-order valence-corrected chi connectivity index (χ3v) is 4.87. The van der Waals surface area contributed by atoms with Crippen molar-refractivity contribution in [2.45, 2.75) is 44.4 Å². The Morgan fingerprint density at radius 3 is 2.83 bits per heavy atom. The van der Waals surface area contributed by atoms with Crippen molar-refractivity contribution in [2.24, 2.45) is 5.92 Å². The van der Waals surface area contributed by atoms with Crippen molar-refractivity contribution in [3.8, 4) is 0 Å². The third-order valence-electron chi connectivity index (χ3n) is 4.87. The fraction of sp³-hybridized carbons (Fsp3) is 0.625. The Hall–Kier alpha value is -1.63. The second-order valence-corrected chi connectivity index (χ2v) is 6.33. The van der Waals surface area contributed by atoms with Gasteiger partial charge in [-0.15, -0.1) is 0 Å². The first-order valence-corrected chi connectivity index (χ1v) is 7.89. The summed E-state index contributed by atoms with van der Waals surface area (Å²) >= 11 is 0. The van der Waals surface area contributed by atoms with Crippen molar-refractivity contribution in [3.05, 3.63) is 29.1 Å². The summed E-state index contributed by atoms with van der Waals surface area (Å²) in [5.41, 5.74) is 0.436. The smallest absolute Gasteiger partial charge is 0.338 e. The van der Waals surface area contributed by atoms with E-state index in [0.29, 0.717) is 30.3 Å². The summed E-state index contributed by atoms with van der Waals surface area (Å²) in [6.45, 7) is 0.761. The van der Waals surface area contributed by atoms with Crippen molar-refractivity contribution in [2.75, 3.05) is 13.6 Å². The van der Waals surface area contributed by atoms with Crippen LogP contribution in [0.4, 0.5) is 13.2 Å². The van der Waals surface area contributed by atoms with Crippen LogP contribution in [-0.2, 0) is 23.9 Å². The highest BCUT2D eigenvalue weighted by Gasteiger charge is 2.35. The van der Waals surface area contributed by atoms with E-state index >= 15 is 0 Å². The molecule has 0 spiro atoms. The lowest BCUT2D eigenvalue weighted by Gasteiger charge is -2.30. The molecule has 1 amide bonds. The number of aromatic nitrogens is 1. The summed E-state index contributed by atoms with van der Waals surface area (Å²) in [5, 5.41) is 3.19. The van der Waals surface area contributed by atoms with Gasteiger partial charge in [0.1, 0.15) is 0 Å². The zero-order chi connectivity index (χ0) is 16.6. The highest BCUT2D eigenvalue weighted by atomic mass is 19.4. The fourth-order valence-electron chi connectivity index (χ4n) is 3.50. The molecule has 1 aromatic rings. The molecule has 0 saturated heterocycles. The Morgan fingerprint density at radius 2 is 2.17 bits per heavy atom. The molecule has 1 fully saturated rings. The minimum atomic E-state index is -4.40. The molecule has 4 nitrogen and oxygen atoms in total. The molecule has 2 heterocycles. The first-order valence-electron chi connectivity index (χ1n) is 7.89. The molecule has 1 aromatic heterocycles. The topological polar surface area (TPSA) is 45.2 Å². The number of carbonyl (C=O) groups is 1. The van der Waals surface area contributed by atoms with Gasteiger partial charge in [0.25, 0.3) is 0 Å². The van der Waals surface area contributed by atoms with E-state index in [4.69, 9.17) is 0 Å². The first-order chi connectivity index (χ1) is 10.9. The highest BCUT2D eigenvalue weighted by Crippen LogP contribution is 2.32. The number of hydrogen-bond acceptors (Lipinski definition) is 3. The van der Waals surface area contributed by atoms with Crippen molar-refractivity contribution < 1.29 is 18.0 Å². The zero-order valence-electron chi connectivity index (χ0n) is 13.0. The lowest BCUT2D eigenvalue weighted by atomic mass is 10.00. The molecular formula is C16H20F3N3O. The Labute approximate surface area is 133 Å². The number of nitrogens with zero attached hydrogens (tertiary/aromatic N) is 2. The Morgan fingerprint density at radius 1 is 1.39 bits per heavy atom. The van der Waals surface area contributed by atoms with Crippen LogP contribution >= 0.6 is 0 Å². The van der Waals surface area contributed by atoms with Crippen LogP contribution < -0.4 is 5.32 Å². The molecule has 1 aliphatic carbocycles. The van der Waals surface area contributed by atoms with E-state index < -0.39 is 11.7 Å². The van der Waals surface area contributed by atoms with Crippen molar-refractivity contribution >= 4 is 5.91 Å². The van der Waals surface area contributed by atoms with E-state index in [9.17, 15) is 18.0 Å². The largest absolute Gasteiger partial charge is 0.417 e. The van der Waals surface area contributed by atoms with E-state index in [-0.39, 0.29) is 18.4 Å². The SMILES string of the molecule is CNC1CC[C@H](C(=O)N2CCc3ncc(C(F)(F)F)cc3C2)C1. The minimum absolute atomic E-state index is 0.0206. The molecule has 2 aliphatic rings. The maximum Gasteiger partial charge on any atom is 0.417 e. The number of carbonyl (C=O) groups excluding carboxylic acids is 1. The van der Waals surface area contributed by atoms with Gasteiger partial charge in [-0.05, 0) is 37.9 Å². The lowest BCUT2D eigenvalue weighted by Crippen LogP contribution is -2.40. The molecule has 1 saturated carbocycles. The molecule has 2 atom stereocenters. The monoisotopic (exact) mass is 327 g/mol. The van der Waals surface area contributed by atoms with Gasteiger partial charge in [0.05, 0.1) is 5.56 Å². The van der Waals surface area contributed by atoms with Gasteiger partial charge < -0.3 is 10.2 Å². The highest BCUT2D eigenvalue weighted by molar-refractivity contribution is 5.79. The summed E-state index contributed by atoms with van der Waals surface area (Å²) in [6, 6.07) is 1.49. The van der Waals surface area contributed by atoms with E-state index in [1.54, 1.807) is 4.90 Å². The minimum Gasteiger partial charge on any atom is -0.338 e. The van der Waals surface area contributed by atoms with Crippen LogP contribution in [0, 0.1) is 5.92 Å². The average Bonchev–Trinajstić information content (AvgIpc) is 3.01. The normalized spacial score (nSPS) is 24.6. The summed E-state index contributed by atoms with van der Waals surface area (Å²) in [4.78, 5) is 18.2. The number of pyridine rings is 1. The quantitative estimate of drug-likeness (QED) is 0.907. The number of fused-ring (bicyclic) bond motifs is 1. The van der Waals surface area contributed by atoms with Crippen LogP contribution in [0.1, 0.15) is 36.1 Å². The number of nitrogens with one attached hydrogen (secondary N) is 1. The standard InChI is InChI=1S/C16H20F3N3O/c1-20-13-3-2-10(7-13)15(23)22-5-4-14-11(9-22)6-12(8-21-14)16(17,18)19/h6,8,10,13,20H,2-5,7,9H2,1H3/t10-,13?/m0/s1. The number of hydrogen-bond donors (Lipinski definition) is 1. The Kier molecular flexibility index (Phi) is 4.31. The number of halogens is 3. The van der Waals surface area contributed by atoms with E-state index in [1.165, 1.54) is 0 Å². The molecular weight excluding hydrogens is 307 g/mol. The Balaban J connectivity index is 1.73. The van der Waals surface area contributed by atoms with Gasteiger partial charge in [0, 0.05) is 43.4 Å². The summed E-state index contributed by atoms with van der Waals surface area (Å²) in [7, 11) is 1.89. The van der Waals surface area contributed by atoms with E-state index in [0.717, 1.165) is 31.5 Å². The van der Waals surface area contributed by atoms with Gasteiger partial charge in [0.2, 0.25) is 5.91 Å². The van der Waals surface area contributed by atoms with Crippen LogP contribution in [0.2, 0.25) is 0 Å². The second-order valence-electron chi connectivity index (χ2n) is 6.33. The van der Waals surface area contributed by atoms with Crippen LogP contribution in [0.15, 0.2) is 12.3 Å². The van der Waals surface area contributed by atoms with Crippen LogP contribution in [0.25, 0.3) is 0 Å². The summed E-state index contributed by atoms with van der Waals surface area (Å²) in [6.07, 6.45) is -0.392. The van der Waals surface area contributed by atoms with Crippen LogP contribution in [0.5, 0.6) is 0 Å².